The van der Waals surface area contributed by atoms with Crippen molar-refractivity contribution in [2.45, 2.75) is 0 Å². The first-order valence-electron chi connectivity index (χ1n) is 7.13. The molecule has 24 heavy (non-hydrogen) atoms. The van der Waals surface area contributed by atoms with Crippen LogP contribution in [0.25, 0.3) is 0 Å². The van der Waals surface area contributed by atoms with Gasteiger partial charge >= 0.3 is 0 Å². The summed E-state index contributed by atoms with van der Waals surface area (Å²) in [5.74, 6) is 1.50. The summed E-state index contributed by atoms with van der Waals surface area (Å²) in [5.41, 5.74) is 0.357. The summed E-state index contributed by atoms with van der Waals surface area (Å²) in [6, 6.07) is 10.2. The van der Waals surface area contributed by atoms with E-state index in [1.807, 2.05) is 0 Å². The zero-order valence-corrected chi connectivity index (χ0v) is 14.8. The van der Waals surface area contributed by atoms with E-state index in [0.29, 0.717) is 30.2 Å². The second kappa shape index (κ2) is 8.66. The van der Waals surface area contributed by atoms with Crippen molar-refractivity contribution in [3.05, 3.63) is 52.0 Å². The minimum atomic E-state index is -0.292. The van der Waals surface area contributed by atoms with Crippen LogP contribution in [0.3, 0.4) is 0 Å². The predicted molar refractivity (Wildman–Crippen MR) is 93.8 cm³/mol. The highest BCUT2D eigenvalue weighted by Gasteiger charge is 2.13. The molecule has 0 atom stereocenters. The lowest BCUT2D eigenvalue weighted by Gasteiger charge is -2.10. The lowest BCUT2D eigenvalue weighted by Crippen LogP contribution is -2.28. The molecule has 0 spiro atoms. The van der Waals surface area contributed by atoms with Crippen molar-refractivity contribution in [2.24, 2.45) is 0 Å². The molecule has 1 amide bonds. The maximum Gasteiger partial charge on any atom is 0.251 e. The van der Waals surface area contributed by atoms with Gasteiger partial charge in [-0.25, -0.2) is 0 Å². The topological polar surface area (TPSA) is 56.8 Å². The molecule has 128 valence electrons. The van der Waals surface area contributed by atoms with Crippen LogP contribution in [0, 0.1) is 0 Å². The minimum absolute atomic E-state index is 0.282. The number of methoxy groups -OCH3 is 2. The minimum Gasteiger partial charge on any atom is -0.497 e. The van der Waals surface area contributed by atoms with E-state index in [0.717, 1.165) is 5.75 Å². The lowest BCUT2D eigenvalue weighted by atomic mass is 10.2. The van der Waals surface area contributed by atoms with E-state index < -0.39 is 0 Å². The third-order valence-corrected chi connectivity index (χ3v) is 3.74. The van der Waals surface area contributed by atoms with E-state index in [4.69, 9.17) is 37.4 Å². The van der Waals surface area contributed by atoms with E-state index in [2.05, 4.69) is 5.32 Å². The Kier molecular flexibility index (Phi) is 6.58. The zero-order chi connectivity index (χ0) is 17.5. The summed E-state index contributed by atoms with van der Waals surface area (Å²) in [5, 5.41) is 3.30. The average Bonchev–Trinajstić information content (AvgIpc) is 2.58. The van der Waals surface area contributed by atoms with E-state index in [-0.39, 0.29) is 16.0 Å². The smallest absolute Gasteiger partial charge is 0.251 e. The van der Waals surface area contributed by atoms with Gasteiger partial charge in [0.05, 0.1) is 30.8 Å². The number of hydrogen-bond acceptors (Lipinski definition) is 4. The molecule has 0 aliphatic heterocycles. The molecular formula is C17H17Cl2NO4. The molecular weight excluding hydrogens is 353 g/mol. The monoisotopic (exact) mass is 369 g/mol. The van der Waals surface area contributed by atoms with Crippen LogP contribution >= 0.6 is 23.2 Å². The van der Waals surface area contributed by atoms with Gasteiger partial charge in [-0.2, -0.15) is 0 Å². The predicted octanol–water partition coefficient (Wildman–Crippen LogP) is 3.82. The van der Waals surface area contributed by atoms with Gasteiger partial charge in [-0.3, -0.25) is 4.79 Å². The van der Waals surface area contributed by atoms with Crippen molar-refractivity contribution in [2.75, 3.05) is 27.4 Å². The summed E-state index contributed by atoms with van der Waals surface area (Å²) in [6.45, 7) is 0.668. The quantitative estimate of drug-likeness (QED) is 0.753. The number of halogens is 2. The molecule has 0 aliphatic rings. The first-order valence-corrected chi connectivity index (χ1v) is 7.89. The number of hydrogen-bond donors (Lipinski definition) is 1. The Morgan fingerprint density at radius 1 is 1.00 bits per heavy atom. The molecule has 2 rings (SSSR count). The molecule has 0 aliphatic carbocycles. The summed E-state index contributed by atoms with van der Waals surface area (Å²) in [4.78, 5) is 12.1. The third kappa shape index (κ3) is 4.69. The number of amides is 1. The van der Waals surface area contributed by atoms with Crippen molar-refractivity contribution in [1.82, 2.24) is 5.32 Å². The number of carbonyl (C=O) groups excluding carboxylic acids is 1. The van der Waals surface area contributed by atoms with E-state index in [1.165, 1.54) is 19.2 Å². The van der Waals surface area contributed by atoms with Crippen LogP contribution in [0.4, 0.5) is 0 Å². The highest BCUT2D eigenvalue weighted by atomic mass is 35.5. The molecule has 0 heterocycles. The van der Waals surface area contributed by atoms with Crippen LogP contribution in [0.5, 0.6) is 17.2 Å². The standard InChI is InChI=1S/C17H17Cl2NO4/c1-22-12-3-5-13(6-4-12)24-8-7-20-17(21)11-9-14(18)16(23-2)15(19)10-11/h3-6,9-10H,7-8H2,1-2H3,(H,20,21). The van der Waals surface area contributed by atoms with Crippen LogP contribution in [0.2, 0.25) is 10.0 Å². The van der Waals surface area contributed by atoms with Crippen LogP contribution in [0.1, 0.15) is 10.4 Å². The number of ether oxygens (including phenoxy) is 3. The van der Waals surface area contributed by atoms with Crippen LogP contribution < -0.4 is 19.5 Å². The Hall–Kier alpha value is -2.11. The van der Waals surface area contributed by atoms with Gasteiger partial charge in [0, 0.05) is 5.56 Å². The van der Waals surface area contributed by atoms with Gasteiger partial charge in [0.25, 0.3) is 5.91 Å². The van der Waals surface area contributed by atoms with Gasteiger partial charge in [0.15, 0.2) is 5.75 Å². The number of carbonyl (C=O) groups is 1. The molecule has 0 fully saturated rings. The summed E-state index contributed by atoms with van der Waals surface area (Å²) in [6.07, 6.45) is 0. The van der Waals surface area contributed by atoms with Gasteiger partial charge in [0.2, 0.25) is 0 Å². The number of benzene rings is 2. The maximum atomic E-state index is 12.1. The van der Waals surface area contributed by atoms with Gasteiger partial charge < -0.3 is 19.5 Å². The van der Waals surface area contributed by atoms with Crippen molar-refractivity contribution in [3.63, 3.8) is 0 Å². The first kappa shape index (κ1) is 18.2. The fourth-order valence-electron chi connectivity index (χ4n) is 1.99. The summed E-state index contributed by atoms with van der Waals surface area (Å²) < 4.78 is 15.7. The Morgan fingerprint density at radius 3 is 2.12 bits per heavy atom. The van der Waals surface area contributed by atoms with Gasteiger partial charge in [-0.15, -0.1) is 0 Å². The number of nitrogens with one attached hydrogen (secondary N) is 1. The normalized spacial score (nSPS) is 10.2. The zero-order valence-electron chi connectivity index (χ0n) is 13.3. The largest absolute Gasteiger partial charge is 0.497 e. The highest BCUT2D eigenvalue weighted by molar-refractivity contribution is 6.37. The SMILES string of the molecule is COc1ccc(OCCNC(=O)c2cc(Cl)c(OC)c(Cl)c2)cc1. The fourth-order valence-corrected chi connectivity index (χ4v) is 2.63. The number of rotatable bonds is 7. The third-order valence-electron chi connectivity index (χ3n) is 3.18. The molecule has 0 bridgehead atoms. The molecule has 0 radical (unpaired) electrons. The molecule has 2 aromatic carbocycles. The van der Waals surface area contributed by atoms with Gasteiger partial charge in [-0.05, 0) is 36.4 Å². The van der Waals surface area contributed by atoms with Gasteiger partial charge in [0.1, 0.15) is 18.1 Å². The van der Waals surface area contributed by atoms with E-state index in [1.54, 1.807) is 31.4 Å². The van der Waals surface area contributed by atoms with Crippen LogP contribution in [-0.4, -0.2) is 33.3 Å². The maximum absolute atomic E-state index is 12.1. The fraction of sp³-hybridized carbons (Fsp3) is 0.235. The second-order valence-electron chi connectivity index (χ2n) is 4.75. The van der Waals surface area contributed by atoms with Crippen molar-refractivity contribution in [3.8, 4) is 17.2 Å². The van der Waals surface area contributed by atoms with Gasteiger partial charge in [-0.1, -0.05) is 23.2 Å². The van der Waals surface area contributed by atoms with Crippen molar-refractivity contribution >= 4 is 29.1 Å². The average molecular weight is 370 g/mol. The Bertz CT molecular complexity index is 681. The van der Waals surface area contributed by atoms with E-state index in [9.17, 15) is 4.79 Å². The van der Waals surface area contributed by atoms with Crippen LogP contribution in [-0.2, 0) is 0 Å². The molecule has 0 unspecified atom stereocenters. The Morgan fingerprint density at radius 2 is 1.58 bits per heavy atom. The first-order chi connectivity index (χ1) is 11.5. The molecule has 1 N–H and O–H groups in total. The molecule has 0 saturated heterocycles. The lowest BCUT2D eigenvalue weighted by molar-refractivity contribution is 0.0947. The second-order valence-corrected chi connectivity index (χ2v) is 5.57. The summed E-state index contributed by atoms with van der Waals surface area (Å²) in [7, 11) is 3.06. The molecule has 2 aromatic rings. The molecule has 0 aromatic heterocycles. The Labute approximate surface area is 150 Å². The molecule has 7 heteroatoms. The van der Waals surface area contributed by atoms with Crippen LogP contribution in [0.15, 0.2) is 36.4 Å². The summed E-state index contributed by atoms with van der Waals surface area (Å²) >= 11 is 12.0. The molecule has 0 saturated carbocycles. The molecule has 5 nitrogen and oxygen atoms in total. The van der Waals surface area contributed by atoms with Crippen molar-refractivity contribution < 1.29 is 19.0 Å². The van der Waals surface area contributed by atoms with E-state index >= 15 is 0 Å². The van der Waals surface area contributed by atoms with Crippen molar-refractivity contribution in [1.29, 1.82) is 0 Å². The Balaban J connectivity index is 1.84. The highest BCUT2D eigenvalue weighted by Crippen LogP contribution is 2.33.